The van der Waals surface area contributed by atoms with Gasteiger partial charge in [0.15, 0.2) is 6.20 Å². The fourth-order valence-corrected chi connectivity index (χ4v) is 1.13. The van der Waals surface area contributed by atoms with E-state index in [0.29, 0.717) is 5.69 Å². The maximum absolute atomic E-state index is 11.0. The Morgan fingerprint density at radius 2 is 2.33 bits per heavy atom. The number of carbonyl (C=O) groups excluding carboxylic acids is 2. The van der Waals surface area contributed by atoms with Crippen molar-refractivity contribution >= 4 is 12.3 Å². The van der Waals surface area contributed by atoms with Crippen molar-refractivity contribution in [3.63, 3.8) is 0 Å². The molecule has 4 nitrogen and oxygen atoms in total. The van der Waals surface area contributed by atoms with E-state index in [2.05, 4.69) is 4.74 Å². The molecule has 0 fully saturated rings. The third-order valence-corrected chi connectivity index (χ3v) is 1.67. The average Bonchev–Trinajstić information content (AvgIpc) is 2.44. The monoisotopic (exact) mass is 163 g/mol. The quantitative estimate of drug-likeness (QED) is 0.326. The van der Waals surface area contributed by atoms with Crippen molar-refractivity contribution in [1.29, 1.82) is 0 Å². The summed E-state index contributed by atoms with van der Waals surface area (Å²) < 4.78 is 6.12. The van der Waals surface area contributed by atoms with Crippen molar-refractivity contribution in [3.05, 3.63) is 30.1 Å². The molecule has 1 aliphatic heterocycles. The largest absolute Gasteiger partial charge is 0.532 e. The zero-order valence-electron chi connectivity index (χ0n) is 6.06. The van der Waals surface area contributed by atoms with Gasteiger partial charge in [-0.3, -0.25) is 0 Å². The molecule has 1 aliphatic rings. The van der Waals surface area contributed by atoms with Gasteiger partial charge in [0, 0.05) is 12.1 Å². The lowest BCUT2D eigenvalue weighted by Crippen LogP contribution is -2.38. The van der Waals surface area contributed by atoms with Gasteiger partial charge < -0.3 is 9.53 Å². The van der Waals surface area contributed by atoms with Crippen LogP contribution in [0.3, 0.4) is 0 Å². The summed E-state index contributed by atoms with van der Waals surface area (Å²) in [6.07, 6.45) is 2.32. The van der Waals surface area contributed by atoms with Crippen LogP contribution in [0.15, 0.2) is 24.4 Å². The first-order chi connectivity index (χ1) is 5.83. The van der Waals surface area contributed by atoms with E-state index in [9.17, 15) is 9.59 Å². The Hall–Kier alpha value is -1.71. The van der Waals surface area contributed by atoms with Gasteiger partial charge in [-0.1, -0.05) is 0 Å². The number of hydrogen-bond acceptors (Lipinski definition) is 3. The van der Waals surface area contributed by atoms with Gasteiger partial charge in [0.1, 0.15) is 0 Å². The minimum absolute atomic E-state index is 0.380. The minimum Gasteiger partial charge on any atom is -0.532 e. The summed E-state index contributed by atoms with van der Waals surface area (Å²) in [6, 6.07) is 5.02. The zero-order valence-corrected chi connectivity index (χ0v) is 6.06. The van der Waals surface area contributed by atoms with Crippen LogP contribution in [0.5, 0.6) is 0 Å². The summed E-state index contributed by atoms with van der Waals surface area (Å²) in [7, 11) is 0. The molecule has 60 valence electrons. The molecule has 0 radical (unpaired) electrons. The van der Waals surface area contributed by atoms with E-state index in [1.807, 2.05) is 0 Å². The highest BCUT2D eigenvalue weighted by molar-refractivity contribution is 5.87. The Labute approximate surface area is 68.4 Å². The predicted molar refractivity (Wildman–Crippen MR) is 36.8 cm³/mol. The van der Waals surface area contributed by atoms with Crippen LogP contribution in [0.1, 0.15) is 16.7 Å². The molecule has 12 heavy (non-hydrogen) atoms. The molecular weight excluding hydrogens is 158 g/mol. The van der Waals surface area contributed by atoms with Crippen LogP contribution in [0.2, 0.25) is 0 Å². The number of fused-ring (bicyclic) bond motifs is 1. The van der Waals surface area contributed by atoms with Gasteiger partial charge in [-0.25, -0.2) is 4.79 Å². The summed E-state index contributed by atoms with van der Waals surface area (Å²) in [5, 5.41) is 0. The van der Waals surface area contributed by atoms with Crippen molar-refractivity contribution in [1.82, 2.24) is 0 Å². The van der Waals surface area contributed by atoms with Crippen LogP contribution in [-0.2, 0) is 9.53 Å². The van der Waals surface area contributed by atoms with Crippen molar-refractivity contribution in [2.75, 3.05) is 0 Å². The number of nitrogens with zero attached hydrogens (tertiary/aromatic N) is 1. The molecule has 0 saturated carbocycles. The molecule has 1 unspecified atom stereocenters. The van der Waals surface area contributed by atoms with Crippen molar-refractivity contribution in [2.24, 2.45) is 0 Å². The highest BCUT2D eigenvalue weighted by atomic mass is 16.6. The van der Waals surface area contributed by atoms with Crippen LogP contribution in [-0.4, -0.2) is 12.3 Å². The van der Waals surface area contributed by atoms with Crippen LogP contribution in [0.4, 0.5) is 0 Å². The summed E-state index contributed by atoms with van der Waals surface area (Å²) in [6.45, 7) is 0. The van der Waals surface area contributed by atoms with Gasteiger partial charge in [0.05, 0.1) is 0 Å². The number of hydrogen-bond donors (Lipinski definition) is 0. The number of ether oxygens (including phenoxy) is 1. The minimum atomic E-state index is -0.909. The lowest BCUT2D eigenvalue weighted by molar-refractivity contribution is -0.724. The van der Waals surface area contributed by atoms with E-state index < -0.39 is 12.2 Å². The van der Waals surface area contributed by atoms with Gasteiger partial charge in [-0.2, -0.15) is 4.57 Å². The molecule has 2 heterocycles. The van der Waals surface area contributed by atoms with Gasteiger partial charge in [0.25, 0.3) is 5.69 Å². The second kappa shape index (κ2) is 2.41. The first kappa shape index (κ1) is 6.97. The van der Waals surface area contributed by atoms with Crippen molar-refractivity contribution in [3.8, 4) is 0 Å². The Kier molecular flexibility index (Phi) is 1.40. The fraction of sp³-hybridized carbons (Fsp3) is 0.125. The summed E-state index contributed by atoms with van der Waals surface area (Å²) in [4.78, 5) is 21.3. The van der Waals surface area contributed by atoms with Crippen LogP contribution < -0.4 is 4.57 Å². The Morgan fingerprint density at radius 1 is 1.50 bits per heavy atom. The van der Waals surface area contributed by atoms with Crippen LogP contribution in [0, 0.1) is 0 Å². The first-order valence-corrected chi connectivity index (χ1v) is 3.42. The van der Waals surface area contributed by atoms with E-state index in [1.165, 1.54) is 4.57 Å². The number of esters is 1. The molecule has 0 bridgehead atoms. The molecule has 1 aromatic rings. The fourth-order valence-electron chi connectivity index (χ4n) is 1.13. The molecule has 0 N–H and O–H groups in total. The average molecular weight is 163 g/mol. The van der Waals surface area contributed by atoms with E-state index in [-0.39, 0.29) is 0 Å². The first-order valence-electron chi connectivity index (χ1n) is 3.42. The van der Waals surface area contributed by atoms with Crippen LogP contribution >= 0.6 is 0 Å². The molecule has 1 atom stereocenters. The van der Waals surface area contributed by atoms with Gasteiger partial charge in [-0.15, -0.1) is 6.29 Å². The number of rotatable bonds is 1. The Bertz CT molecular complexity index is 348. The summed E-state index contributed by atoms with van der Waals surface area (Å²) in [5.41, 5.74) is 0.380. The lowest BCUT2D eigenvalue weighted by Gasteiger charge is -2.02. The normalized spacial score (nSPS) is 20.0. The predicted octanol–water partition coefficient (Wildman–Crippen LogP) is -0.247. The molecule has 0 saturated heterocycles. The molecule has 4 heteroatoms. The van der Waals surface area contributed by atoms with Gasteiger partial charge >= 0.3 is 5.97 Å². The molecule has 2 rings (SSSR count). The molecule has 0 aromatic carbocycles. The van der Waals surface area contributed by atoms with Gasteiger partial charge in [-0.05, 0) is 6.07 Å². The zero-order chi connectivity index (χ0) is 8.55. The summed E-state index contributed by atoms with van der Waals surface area (Å²) in [5.74, 6) is -0.482. The maximum atomic E-state index is 11.0. The van der Waals surface area contributed by atoms with Crippen molar-refractivity contribution < 1.29 is 18.9 Å². The SMILES string of the molecule is O=[C-]C1OC(=O)c2cccc[n+]21. The number of pyridine rings is 1. The molecule has 0 amide bonds. The molecule has 0 aliphatic carbocycles. The molecular formula is C8H5NO3. The second-order valence-electron chi connectivity index (χ2n) is 2.37. The van der Waals surface area contributed by atoms with Crippen LogP contribution in [0.25, 0.3) is 0 Å². The highest BCUT2D eigenvalue weighted by Crippen LogP contribution is 2.10. The molecule has 1 aromatic heterocycles. The third-order valence-electron chi connectivity index (χ3n) is 1.67. The summed E-state index contributed by atoms with van der Waals surface area (Å²) >= 11 is 0. The second-order valence-corrected chi connectivity index (χ2v) is 2.37. The van der Waals surface area contributed by atoms with E-state index in [0.717, 1.165) is 0 Å². The standard InChI is InChI=1S/C8H5NO3/c10-5-7-9-4-2-1-3-6(9)8(11)12-7/h1-4,7H. The van der Waals surface area contributed by atoms with Gasteiger partial charge in [0.2, 0.25) is 6.23 Å². The molecule has 0 spiro atoms. The highest BCUT2D eigenvalue weighted by Gasteiger charge is 2.32. The topological polar surface area (TPSA) is 47.3 Å². The maximum Gasteiger partial charge on any atom is 0.406 e. The smallest absolute Gasteiger partial charge is 0.406 e. The number of cyclic esters (lactones) is 1. The number of carbonyl (C=O) groups is 1. The Balaban J connectivity index is 2.57. The van der Waals surface area contributed by atoms with E-state index in [4.69, 9.17) is 0 Å². The third kappa shape index (κ3) is 0.812. The number of aromatic nitrogens is 1. The van der Waals surface area contributed by atoms with Crippen molar-refractivity contribution in [2.45, 2.75) is 6.23 Å². The Morgan fingerprint density at radius 3 is 3.08 bits per heavy atom. The van der Waals surface area contributed by atoms with E-state index >= 15 is 0 Å². The van der Waals surface area contributed by atoms with E-state index in [1.54, 1.807) is 30.7 Å². The lowest BCUT2D eigenvalue weighted by atomic mass is 10.3.